The Kier molecular flexibility index (Phi) is 1.88. The van der Waals surface area contributed by atoms with Crippen LogP contribution in [-0.4, -0.2) is 10.8 Å². The Morgan fingerprint density at radius 1 is 1.25 bits per heavy atom. The minimum absolute atomic E-state index is 0.0382. The fourth-order valence-electron chi connectivity index (χ4n) is 1.08. The van der Waals surface area contributed by atoms with Crippen molar-refractivity contribution in [3.05, 3.63) is 28.9 Å². The molecule has 0 atom stereocenters. The summed E-state index contributed by atoms with van der Waals surface area (Å²) in [4.78, 5) is 15.4. The van der Waals surface area contributed by atoms with Crippen molar-refractivity contribution in [2.45, 2.75) is 0 Å². The van der Waals surface area contributed by atoms with Crippen LogP contribution in [0.2, 0.25) is 0 Å². The molecule has 0 radical (unpaired) electrons. The van der Waals surface area contributed by atoms with E-state index in [4.69, 9.17) is 0 Å². The van der Waals surface area contributed by atoms with Crippen LogP contribution in [0.25, 0.3) is 8.96 Å². The maximum Gasteiger partial charge on any atom is 0.209 e. The van der Waals surface area contributed by atoms with Crippen molar-refractivity contribution in [3.63, 3.8) is 0 Å². The lowest BCUT2D eigenvalue weighted by Crippen LogP contribution is -2.25. The van der Waals surface area contributed by atoms with Crippen LogP contribution >= 0.6 is 31.9 Å². The number of hydrogen-bond donors (Lipinski definition) is 0. The molecule has 2 nitrogen and oxygen atoms in total. The number of aromatic nitrogens is 1. The molecule has 4 heteroatoms. The van der Waals surface area contributed by atoms with Crippen LogP contribution in [0.4, 0.5) is 0 Å². The van der Waals surface area contributed by atoms with E-state index in [0.29, 0.717) is 8.96 Å². The maximum atomic E-state index is 11.4. The van der Waals surface area contributed by atoms with Crippen LogP contribution < -0.4 is 10.6 Å². The summed E-state index contributed by atoms with van der Waals surface area (Å²) < 4.78 is 1.11. The zero-order valence-electron chi connectivity index (χ0n) is 5.84. The van der Waals surface area contributed by atoms with Gasteiger partial charge in [-0.05, 0) is 44.0 Å². The normalized spacial score (nSPS) is 15.3. The number of fused-ring (bicyclic) bond motifs is 1. The number of pyridine rings is 1. The second-order valence-electron chi connectivity index (χ2n) is 2.36. The van der Waals surface area contributed by atoms with E-state index in [1.54, 1.807) is 12.3 Å². The number of carbonyl (C=O) groups is 1. The third-order valence-corrected chi connectivity index (χ3v) is 3.17. The molecule has 0 N–H and O–H groups in total. The first kappa shape index (κ1) is 8.13. The van der Waals surface area contributed by atoms with Gasteiger partial charge in [0.05, 0.1) is 14.3 Å². The van der Waals surface area contributed by atoms with Crippen molar-refractivity contribution in [2.24, 2.45) is 0 Å². The molecule has 0 aromatic carbocycles. The van der Waals surface area contributed by atoms with Gasteiger partial charge < -0.3 is 0 Å². The molecule has 0 amide bonds. The molecule has 0 saturated carbocycles. The molecule has 0 spiro atoms. The molecule has 0 aliphatic heterocycles. The number of halogens is 2. The molecular formula is C8H3Br2NO. The number of hydrogen-bond acceptors (Lipinski definition) is 2. The highest BCUT2D eigenvalue weighted by Gasteiger charge is 2.19. The molecule has 0 saturated heterocycles. The fourth-order valence-corrected chi connectivity index (χ4v) is 2.38. The highest BCUT2D eigenvalue weighted by molar-refractivity contribution is 9.16. The lowest BCUT2D eigenvalue weighted by atomic mass is 10.4. The third-order valence-electron chi connectivity index (χ3n) is 1.65. The number of nitrogens with zero attached hydrogens (tertiary/aromatic N) is 1. The average molecular weight is 289 g/mol. The molecule has 1 aromatic rings. The molecule has 60 valence electrons. The Morgan fingerprint density at radius 2 is 2.00 bits per heavy atom. The largest absolute Gasteiger partial charge is 0.287 e. The summed E-state index contributed by atoms with van der Waals surface area (Å²) in [7, 11) is 0. The first-order chi connectivity index (χ1) is 5.72. The Labute approximate surface area is 85.3 Å². The monoisotopic (exact) mass is 287 g/mol. The van der Waals surface area contributed by atoms with Gasteiger partial charge in [0.25, 0.3) is 0 Å². The Morgan fingerprint density at radius 3 is 2.67 bits per heavy atom. The molecule has 2 rings (SSSR count). The van der Waals surface area contributed by atoms with E-state index in [2.05, 4.69) is 36.8 Å². The second-order valence-corrected chi connectivity index (χ2v) is 3.94. The van der Waals surface area contributed by atoms with Crippen LogP contribution in [0, 0.1) is 0 Å². The SMILES string of the molecule is O=C1C(Br)=c2cccnc2=C1Br. The van der Waals surface area contributed by atoms with Crippen LogP contribution in [0.1, 0.15) is 0 Å². The molecular weight excluding hydrogens is 286 g/mol. The second kappa shape index (κ2) is 2.78. The predicted octanol–water partition coefficient (Wildman–Crippen LogP) is 0.670. The molecule has 1 aliphatic rings. The summed E-state index contributed by atoms with van der Waals surface area (Å²) in [5.41, 5.74) is 0. The van der Waals surface area contributed by atoms with E-state index in [9.17, 15) is 4.79 Å². The summed E-state index contributed by atoms with van der Waals surface area (Å²) in [6.07, 6.45) is 1.67. The van der Waals surface area contributed by atoms with Crippen molar-refractivity contribution in [3.8, 4) is 0 Å². The first-order valence-electron chi connectivity index (χ1n) is 3.27. The van der Waals surface area contributed by atoms with Gasteiger partial charge in [0, 0.05) is 11.4 Å². The van der Waals surface area contributed by atoms with Gasteiger partial charge in [-0.2, -0.15) is 0 Å². The van der Waals surface area contributed by atoms with Crippen molar-refractivity contribution < 1.29 is 4.79 Å². The van der Waals surface area contributed by atoms with Gasteiger partial charge in [0.2, 0.25) is 5.78 Å². The van der Waals surface area contributed by atoms with Gasteiger partial charge in [-0.1, -0.05) is 0 Å². The lowest BCUT2D eigenvalue weighted by Gasteiger charge is -1.85. The number of rotatable bonds is 0. The topological polar surface area (TPSA) is 30.0 Å². The van der Waals surface area contributed by atoms with E-state index in [1.165, 1.54) is 0 Å². The van der Waals surface area contributed by atoms with Gasteiger partial charge in [-0.15, -0.1) is 0 Å². The van der Waals surface area contributed by atoms with E-state index in [1.807, 2.05) is 6.07 Å². The minimum atomic E-state index is -0.0382. The average Bonchev–Trinajstić information content (AvgIpc) is 2.33. The van der Waals surface area contributed by atoms with Gasteiger partial charge in [0.1, 0.15) is 0 Å². The Bertz CT molecular complexity index is 435. The summed E-state index contributed by atoms with van der Waals surface area (Å²) in [5.74, 6) is -0.0382. The summed E-state index contributed by atoms with van der Waals surface area (Å²) in [6.45, 7) is 0. The highest BCUT2D eigenvalue weighted by atomic mass is 79.9. The van der Waals surface area contributed by atoms with E-state index >= 15 is 0 Å². The highest BCUT2D eigenvalue weighted by Crippen LogP contribution is 2.19. The number of Topliss-reactive ketones (excluding diaryl/α,β-unsaturated/α-hetero) is 1. The smallest absolute Gasteiger partial charge is 0.209 e. The third kappa shape index (κ3) is 0.983. The van der Waals surface area contributed by atoms with Gasteiger partial charge in [-0.25, -0.2) is 0 Å². The molecule has 1 aromatic heterocycles. The standard InChI is InChI=1S/C8H3Br2NO/c9-5-4-2-1-3-11-7(4)6(10)8(5)12/h1-3H. The van der Waals surface area contributed by atoms with Crippen molar-refractivity contribution in [2.75, 3.05) is 0 Å². The Balaban J connectivity index is 3.05. The van der Waals surface area contributed by atoms with Gasteiger partial charge in [-0.3, -0.25) is 9.78 Å². The zero-order valence-corrected chi connectivity index (χ0v) is 9.02. The molecule has 12 heavy (non-hydrogen) atoms. The van der Waals surface area contributed by atoms with Crippen molar-refractivity contribution >= 4 is 46.6 Å². The molecule has 0 bridgehead atoms. The van der Waals surface area contributed by atoms with Crippen molar-refractivity contribution in [1.82, 2.24) is 4.98 Å². The predicted molar refractivity (Wildman–Crippen MR) is 53.2 cm³/mol. The van der Waals surface area contributed by atoms with Crippen LogP contribution in [-0.2, 0) is 4.79 Å². The van der Waals surface area contributed by atoms with E-state index in [0.717, 1.165) is 10.6 Å². The van der Waals surface area contributed by atoms with Crippen LogP contribution in [0.5, 0.6) is 0 Å². The van der Waals surface area contributed by atoms with Crippen molar-refractivity contribution in [1.29, 1.82) is 0 Å². The lowest BCUT2D eigenvalue weighted by molar-refractivity contribution is -0.108. The molecule has 0 unspecified atom stereocenters. The Hall–Kier alpha value is -0.480. The number of carbonyl (C=O) groups excluding carboxylic acids is 1. The quantitative estimate of drug-likeness (QED) is 0.702. The van der Waals surface area contributed by atoms with E-state index in [-0.39, 0.29) is 5.78 Å². The molecule has 1 aliphatic carbocycles. The minimum Gasteiger partial charge on any atom is -0.287 e. The van der Waals surface area contributed by atoms with Crippen LogP contribution in [0.15, 0.2) is 18.3 Å². The summed E-state index contributed by atoms with van der Waals surface area (Å²) in [5, 5.41) is 1.57. The van der Waals surface area contributed by atoms with E-state index < -0.39 is 0 Å². The summed E-state index contributed by atoms with van der Waals surface area (Å²) >= 11 is 6.42. The van der Waals surface area contributed by atoms with Gasteiger partial charge >= 0.3 is 0 Å². The maximum absolute atomic E-state index is 11.4. The zero-order chi connectivity index (χ0) is 8.72. The fraction of sp³-hybridized carbons (Fsp3) is 0. The first-order valence-corrected chi connectivity index (χ1v) is 4.86. The van der Waals surface area contributed by atoms with Gasteiger partial charge in [0.15, 0.2) is 0 Å². The number of ketones is 1. The molecule has 0 fully saturated rings. The molecule has 1 heterocycles. The summed E-state index contributed by atoms with van der Waals surface area (Å²) in [6, 6.07) is 3.66. The van der Waals surface area contributed by atoms with Crippen LogP contribution in [0.3, 0.4) is 0 Å².